The molecule has 3 nitrogen and oxygen atoms in total. The van der Waals surface area contributed by atoms with Gasteiger partial charge in [0, 0.05) is 31.8 Å². The van der Waals surface area contributed by atoms with Gasteiger partial charge in [0.15, 0.2) is 0 Å². The zero-order valence-corrected chi connectivity index (χ0v) is 14.5. The highest BCUT2D eigenvalue weighted by Gasteiger charge is 2.42. The first kappa shape index (κ1) is 17.1. The average Bonchev–Trinajstić information content (AvgIpc) is 2.65. The van der Waals surface area contributed by atoms with Crippen molar-refractivity contribution in [1.82, 2.24) is 4.90 Å². The zero-order chi connectivity index (χ0) is 16.8. The van der Waals surface area contributed by atoms with Gasteiger partial charge in [0.05, 0.1) is 18.8 Å². The maximum absolute atomic E-state index is 12.2. The summed E-state index contributed by atoms with van der Waals surface area (Å²) < 4.78 is 5.57. The molecule has 1 aliphatic carbocycles. The van der Waals surface area contributed by atoms with Crippen molar-refractivity contribution in [2.24, 2.45) is 5.92 Å². The van der Waals surface area contributed by atoms with Gasteiger partial charge in [-0.1, -0.05) is 61.6 Å². The number of allylic oxidation sites excluding steroid dienone is 2. The largest absolute Gasteiger partial charge is 0.379 e. The van der Waals surface area contributed by atoms with Crippen LogP contribution in [0, 0.1) is 5.92 Å². The summed E-state index contributed by atoms with van der Waals surface area (Å²) in [5.41, 5.74) is 1.18. The summed E-state index contributed by atoms with van der Waals surface area (Å²) in [5.74, 6) is 0.555. The predicted molar refractivity (Wildman–Crippen MR) is 97.0 cm³/mol. The van der Waals surface area contributed by atoms with Crippen molar-refractivity contribution in [3.63, 3.8) is 0 Å². The third kappa shape index (κ3) is 3.68. The summed E-state index contributed by atoms with van der Waals surface area (Å²) in [6.45, 7) is 5.33. The van der Waals surface area contributed by atoms with Crippen molar-refractivity contribution in [3.05, 3.63) is 60.2 Å². The first-order valence-corrected chi connectivity index (χ1v) is 8.99. The Morgan fingerprint density at radius 3 is 2.67 bits per heavy atom. The van der Waals surface area contributed by atoms with Crippen LogP contribution >= 0.6 is 0 Å². The Morgan fingerprint density at radius 2 is 1.96 bits per heavy atom. The normalized spacial score (nSPS) is 27.3. The molecule has 3 heteroatoms. The van der Waals surface area contributed by atoms with Gasteiger partial charge in [-0.05, 0) is 12.0 Å². The molecule has 1 aromatic rings. The minimum atomic E-state index is -0.134. The number of nitrogens with zero attached hydrogens (tertiary/aromatic N) is 1. The molecule has 24 heavy (non-hydrogen) atoms. The fourth-order valence-electron chi connectivity index (χ4n) is 3.89. The molecule has 1 saturated heterocycles. The Labute approximate surface area is 145 Å². The molecule has 0 spiro atoms. The van der Waals surface area contributed by atoms with E-state index in [9.17, 15) is 4.79 Å². The van der Waals surface area contributed by atoms with Crippen LogP contribution in [0.3, 0.4) is 0 Å². The van der Waals surface area contributed by atoms with Crippen molar-refractivity contribution in [3.8, 4) is 0 Å². The summed E-state index contributed by atoms with van der Waals surface area (Å²) in [5, 5.41) is 0. The smallest absolute Gasteiger partial charge is 0.133 e. The van der Waals surface area contributed by atoms with Gasteiger partial charge in [0.1, 0.15) is 5.78 Å². The van der Waals surface area contributed by atoms with Crippen LogP contribution in [0.25, 0.3) is 0 Å². The third-order valence-corrected chi connectivity index (χ3v) is 5.25. The Kier molecular flexibility index (Phi) is 5.64. The summed E-state index contributed by atoms with van der Waals surface area (Å²) in [7, 11) is 0. The summed E-state index contributed by atoms with van der Waals surface area (Å²) in [6, 6.07) is 10.6. The van der Waals surface area contributed by atoms with Gasteiger partial charge in [-0.2, -0.15) is 0 Å². The van der Waals surface area contributed by atoms with Crippen molar-refractivity contribution in [2.45, 2.75) is 31.7 Å². The second kappa shape index (κ2) is 7.91. The molecular weight excluding hydrogens is 298 g/mol. The minimum absolute atomic E-state index is 0.134. The standard InChI is InChI=1S/C21H27NO2/c1-2-20(23)16-19-10-6-7-11-21(19,22-12-14-24-15-13-22)17-18-8-4-3-5-9-18/h3-11,19H,2,12-17H2,1H3. The molecule has 1 heterocycles. The molecule has 1 fully saturated rings. The lowest BCUT2D eigenvalue weighted by atomic mass is 9.72. The maximum Gasteiger partial charge on any atom is 0.133 e. The number of ether oxygens (including phenoxy) is 1. The molecule has 0 bridgehead atoms. The van der Waals surface area contributed by atoms with Gasteiger partial charge in [0.2, 0.25) is 0 Å². The molecule has 2 unspecified atom stereocenters. The molecule has 3 rings (SSSR count). The molecule has 0 N–H and O–H groups in total. The van der Waals surface area contributed by atoms with E-state index in [4.69, 9.17) is 4.74 Å². The number of hydrogen-bond acceptors (Lipinski definition) is 3. The van der Waals surface area contributed by atoms with Crippen LogP contribution in [0.5, 0.6) is 0 Å². The van der Waals surface area contributed by atoms with E-state index in [-0.39, 0.29) is 11.5 Å². The van der Waals surface area contributed by atoms with E-state index in [1.54, 1.807) is 0 Å². The number of hydrogen-bond donors (Lipinski definition) is 0. The quantitative estimate of drug-likeness (QED) is 0.803. The third-order valence-electron chi connectivity index (χ3n) is 5.25. The predicted octanol–water partition coefficient (Wildman–Crippen LogP) is 3.41. The summed E-state index contributed by atoms with van der Waals surface area (Å²) >= 11 is 0. The van der Waals surface area contributed by atoms with Gasteiger partial charge in [0.25, 0.3) is 0 Å². The number of morpholine rings is 1. The van der Waals surface area contributed by atoms with Crippen LogP contribution in [0.4, 0.5) is 0 Å². The van der Waals surface area contributed by atoms with Crippen LogP contribution in [-0.4, -0.2) is 42.5 Å². The van der Waals surface area contributed by atoms with Gasteiger partial charge >= 0.3 is 0 Å². The van der Waals surface area contributed by atoms with Crippen molar-refractivity contribution < 1.29 is 9.53 Å². The summed E-state index contributed by atoms with van der Waals surface area (Å²) in [4.78, 5) is 14.7. The highest BCUT2D eigenvalue weighted by atomic mass is 16.5. The second-order valence-corrected chi connectivity index (χ2v) is 6.70. The highest BCUT2D eigenvalue weighted by molar-refractivity contribution is 5.78. The molecule has 128 valence electrons. The molecule has 0 saturated carbocycles. The van der Waals surface area contributed by atoms with Crippen LogP contribution in [0.1, 0.15) is 25.3 Å². The minimum Gasteiger partial charge on any atom is -0.379 e. The van der Waals surface area contributed by atoms with Gasteiger partial charge < -0.3 is 4.74 Å². The second-order valence-electron chi connectivity index (χ2n) is 6.70. The fourth-order valence-corrected chi connectivity index (χ4v) is 3.89. The van der Waals surface area contributed by atoms with Crippen LogP contribution in [0.15, 0.2) is 54.6 Å². The lowest BCUT2D eigenvalue weighted by Gasteiger charge is -2.49. The van der Waals surface area contributed by atoms with Crippen molar-refractivity contribution >= 4 is 5.78 Å². The van der Waals surface area contributed by atoms with E-state index in [2.05, 4.69) is 59.5 Å². The topological polar surface area (TPSA) is 29.5 Å². The Balaban J connectivity index is 1.94. The van der Waals surface area contributed by atoms with E-state index in [1.165, 1.54) is 5.56 Å². The molecule has 0 aromatic heterocycles. The molecule has 1 aliphatic heterocycles. The van der Waals surface area contributed by atoms with Crippen molar-refractivity contribution in [1.29, 1.82) is 0 Å². The number of carbonyl (C=O) groups is 1. The van der Waals surface area contributed by atoms with Crippen LogP contribution < -0.4 is 0 Å². The molecule has 0 amide bonds. The molecule has 2 aliphatic rings. The van der Waals surface area contributed by atoms with Crippen LogP contribution in [0.2, 0.25) is 0 Å². The van der Waals surface area contributed by atoms with Crippen molar-refractivity contribution in [2.75, 3.05) is 26.3 Å². The van der Waals surface area contributed by atoms with E-state index in [0.717, 1.165) is 32.7 Å². The molecule has 0 radical (unpaired) electrons. The SMILES string of the molecule is CCC(=O)CC1C=CC=CC1(Cc1ccccc1)N1CCOCC1. The number of ketones is 1. The Hall–Kier alpha value is -1.71. The lowest BCUT2D eigenvalue weighted by Crippen LogP contribution is -2.58. The van der Waals surface area contributed by atoms with E-state index >= 15 is 0 Å². The zero-order valence-electron chi connectivity index (χ0n) is 14.5. The van der Waals surface area contributed by atoms with Gasteiger partial charge in [-0.15, -0.1) is 0 Å². The fraction of sp³-hybridized carbons (Fsp3) is 0.476. The Morgan fingerprint density at radius 1 is 1.21 bits per heavy atom. The van der Waals surface area contributed by atoms with Crippen LogP contribution in [-0.2, 0) is 16.0 Å². The number of carbonyl (C=O) groups excluding carboxylic acids is 1. The number of rotatable bonds is 6. The maximum atomic E-state index is 12.2. The van der Waals surface area contributed by atoms with E-state index < -0.39 is 0 Å². The number of benzene rings is 1. The first-order chi connectivity index (χ1) is 11.7. The lowest BCUT2D eigenvalue weighted by molar-refractivity contribution is -0.120. The van der Waals surface area contributed by atoms with E-state index in [1.807, 2.05) is 6.92 Å². The first-order valence-electron chi connectivity index (χ1n) is 8.99. The summed E-state index contributed by atoms with van der Waals surface area (Å²) in [6.07, 6.45) is 10.9. The van der Waals surface area contributed by atoms with Gasteiger partial charge in [-0.3, -0.25) is 9.69 Å². The highest BCUT2D eigenvalue weighted by Crippen LogP contribution is 2.37. The average molecular weight is 325 g/mol. The number of Topliss-reactive ketones (excluding diaryl/α,β-unsaturated/α-hetero) is 1. The van der Waals surface area contributed by atoms with E-state index in [0.29, 0.717) is 18.6 Å². The molecule has 2 atom stereocenters. The molecular formula is C21H27NO2. The Bertz CT molecular complexity index is 602. The molecule has 1 aromatic carbocycles. The van der Waals surface area contributed by atoms with Gasteiger partial charge in [-0.25, -0.2) is 0 Å². The monoisotopic (exact) mass is 325 g/mol.